The van der Waals surface area contributed by atoms with Gasteiger partial charge >= 0.3 is 5.97 Å². The Kier molecular flexibility index (Phi) is 7.35. The van der Waals surface area contributed by atoms with E-state index in [4.69, 9.17) is 14.2 Å². The number of anilines is 1. The van der Waals surface area contributed by atoms with Crippen LogP contribution in [0.2, 0.25) is 0 Å². The molecule has 6 nitrogen and oxygen atoms in total. The molecule has 0 aliphatic heterocycles. The van der Waals surface area contributed by atoms with Crippen molar-refractivity contribution in [2.45, 2.75) is 11.8 Å². The maximum atomic E-state index is 12.2. The molecule has 0 aliphatic rings. The summed E-state index contributed by atoms with van der Waals surface area (Å²) in [5.74, 6) is -0.0463. The zero-order valence-corrected chi connectivity index (χ0v) is 15.7. The highest BCUT2D eigenvalue weighted by atomic mass is 32.2. The lowest BCUT2D eigenvalue weighted by atomic mass is 10.2. The second-order valence-corrected chi connectivity index (χ2v) is 5.97. The van der Waals surface area contributed by atoms with E-state index < -0.39 is 11.9 Å². The summed E-state index contributed by atoms with van der Waals surface area (Å²) in [7, 11) is 1.49. The van der Waals surface area contributed by atoms with Crippen LogP contribution >= 0.6 is 11.8 Å². The number of carbonyl (C=O) groups is 2. The third kappa shape index (κ3) is 5.16. The molecule has 0 heterocycles. The first-order chi connectivity index (χ1) is 12.6. The Morgan fingerprint density at radius 2 is 1.88 bits per heavy atom. The SMILES string of the molecule is CCOc1ccc(C(=O)OCC(=O)Nc2ccccc2SC)cc1OC. The van der Waals surface area contributed by atoms with Gasteiger partial charge in [0.1, 0.15) is 0 Å². The minimum Gasteiger partial charge on any atom is -0.493 e. The molecule has 0 aliphatic carbocycles. The molecule has 0 saturated carbocycles. The van der Waals surface area contributed by atoms with Gasteiger partial charge in [-0.15, -0.1) is 11.8 Å². The van der Waals surface area contributed by atoms with E-state index in [-0.39, 0.29) is 12.2 Å². The van der Waals surface area contributed by atoms with Gasteiger partial charge in [-0.25, -0.2) is 4.79 Å². The first-order valence-electron chi connectivity index (χ1n) is 7.99. The number of hydrogen-bond acceptors (Lipinski definition) is 6. The average Bonchev–Trinajstić information content (AvgIpc) is 2.67. The average molecular weight is 375 g/mol. The number of rotatable bonds is 8. The highest BCUT2D eigenvalue weighted by molar-refractivity contribution is 7.98. The molecule has 26 heavy (non-hydrogen) atoms. The van der Waals surface area contributed by atoms with Gasteiger partial charge in [-0.3, -0.25) is 4.79 Å². The first kappa shape index (κ1) is 19.7. The number of hydrogen-bond donors (Lipinski definition) is 1. The van der Waals surface area contributed by atoms with Gasteiger partial charge in [0.05, 0.1) is 25.0 Å². The number of ether oxygens (including phenoxy) is 3. The van der Waals surface area contributed by atoms with Crippen molar-refractivity contribution in [2.24, 2.45) is 0 Å². The monoisotopic (exact) mass is 375 g/mol. The van der Waals surface area contributed by atoms with Crippen LogP contribution < -0.4 is 14.8 Å². The largest absolute Gasteiger partial charge is 0.493 e. The molecule has 0 atom stereocenters. The van der Waals surface area contributed by atoms with Gasteiger partial charge in [-0.05, 0) is 43.5 Å². The zero-order chi connectivity index (χ0) is 18.9. The zero-order valence-electron chi connectivity index (χ0n) is 14.9. The van der Waals surface area contributed by atoms with Crippen LogP contribution in [0.3, 0.4) is 0 Å². The van der Waals surface area contributed by atoms with Gasteiger partial charge in [0, 0.05) is 4.90 Å². The number of nitrogens with one attached hydrogen (secondary N) is 1. The number of para-hydroxylation sites is 1. The molecular formula is C19H21NO5S. The van der Waals surface area contributed by atoms with Crippen LogP contribution in [0.5, 0.6) is 11.5 Å². The van der Waals surface area contributed by atoms with E-state index in [0.29, 0.717) is 23.8 Å². The summed E-state index contributed by atoms with van der Waals surface area (Å²) in [5.41, 5.74) is 0.964. The first-order valence-corrected chi connectivity index (χ1v) is 9.22. The quantitative estimate of drug-likeness (QED) is 0.561. The Morgan fingerprint density at radius 3 is 2.58 bits per heavy atom. The van der Waals surface area contributed by atoms with E-state index in [1.807, 2.05) is 31.4 Å². The molecule has 1 N–H and O–H groups in total. The minimum absolute atomic E-state index is 0.280. The van der Waals surface area contributed by atoms with Crippen LogP contribution in [-0.2, 0) is 9.53 Å². The summed E-state index contributed by atoms with van der Waals surface area (Å²) in [6.07, 6.45) is 1.92. The lowest BCUT2D eigenvalue weighted by molar-refractivity contribution is -0.119. The topological polar surface area (TPSA) is 73.9 Å². The summed E-state index contributed by atoms with van der Waals surface area (Å²) in [6.45, 7) is 1.96. The van der Waals surface area contributed by atoms with Gasteiger partial charge in [0.2, 0.25) is 0 Å². The lowest BCUT2D eigenvalue weighted by Gasteiger charge is -2.11. The van der Waals surface area contributed by atoms with E-state index in [2.05, 4.69) is 5.32 Å². The Bertz CT molecular complexity index is 778. The Morgan fingerprint density at radius 1 is 1.12 bits per heavy atom. The van der Waals surface area contributed by atoms with E-state index in [0.717, 1.165) is 4.90 Å². The van der Waals surface area contributed by atoms with Crippen molar-refractivity contribution in [3.63, 3.8) is 0 Å². The number of carbonyl (C=O) groups excluding carboxylic acids is 2. The molecular weight excluding hydrogens is 354 g/mol. The van der Waals surface area contributed by atoms with E-state index in [1.54, 1.807) is 18.2 Å². The molecule has 0 radical (unpaired) electrons. The van der Waals surface area contributed by atoms with Crippen molar-refractivity contribution < 1.29 is 23.8 Å². The summed E-state index contributed by atoms with van der Waals surface area (Å²) >= 11 is 1.52. The van der Waals surface area contributed by atoms with Gasteiger partial charge in [0.15, 0.2) is 18.1 Å². The minimum atomic E-state index is -0.611. The molecule has 0 bridgehead atoms. The number of thioether (sulfide) groups is 1. The van der Waals surface area contributed by atoms with Crippen molar-refractivity contribution >= 4 is 29.3 Å². The predicted octanol–water partition coefficient (Wildman–Crippen LogP) is 3.61. The smallest absolute Gasteiger partial charge is 0.338 e. The van der Waals surface area contributed by atoms with Gasteiger partial charge in [-0.2, -0.15) is 0 Å². The molecule has 2 aromatic carbocycles. The standard InChI is InChI=1S/C19H21NO5S/c1-4-24-15-10-9-13(11-16(15)23-2)19(22)25-12-18(21)20-14-7-5-6-8-17(14)26-3/h5-11H,4,12H2,1-3H3,(H,20,21). The number of amides is 1. The summed E-state index contributed by atoms with van der Waals surface area (Å²) in [4.78, 5) is 25.1. The van der Waals surface area contributed by atoms with Crippen LogP contribution in [0.25, 0.3) is 0 Å². The van der Waals surface area contributed by atoms with Crippen LogP contribution in [0.1, 0.15) is 17.3 Å². The Hall–Kier alpha value is -2.67. The maximum absolute atomic E-state index is 12.2. The summed E-state index contributed by atoms with van der Waals surface area (Å²) in [5, 5.41) is 2.73. The van der Waals surface area contributed by atoms with Gasteiger partial charge in [0.25, 0.3) is 5.91 Å². The maximum Gasteiger partial charge on any atom is 0.338 e. The molecule has 0 saturated heterocycles. The fourth-order valence-corrected chi connectivity index (χ4v) is 2.77. The predicted molar refractivity (Wildman–Crippen MR) is 101 cm³/mol. The van der Waals surface area contributed by atoms with Crippen molar-refractivity contribution in [1.29, 1.82) is 0 Å². The normalized spacial score (nSPS) is 10.1. The molecule has 2 aromatic rings. The highest BCUT2D eigenvalue weighted by Gasteiger charge is 2.14. The molecule has 7 heteroatoms. The summed E-state index contributed by atoms with van der Waals surface area (Å²) < 4.78 is 15.7. The second-order valence-electron chi connectivity index (χ2n) is 5.12. The van der Waals surface area contributed by atoms with Gasteiger partial charge < -0.3 is 19.5 Å². The third-order valence-electron chi connectivity index (χ3n) is 3.41. The fraction of sp³-hybridized carbons (Fsp3) is 0.263. The number of methoxy groups -OCH3 is 1. The van der Waals surface area contributed by atoms with Crippen LogP contribution in [0.4, 0.5) is 5.69 Å². The van der Waals surface area contributed by atoms with Crippen LogP contribution in [-0.4, -0.2) is 38.5 Å². The van der Waals surface area contributed by atoms with E-state index in [1.165, 1.54) is 24.9 Å². The van der Waals surface area contributed by atoms with Crippen LogP contribution in [0.15, 0.2) is 47.4 Å². The van der Waals surface area contributed by atoms with Crippen LogP contribution in [0, 0.1) is 0 Å². The van der Waals surface area contributed by atoms with Crippen molar-refractivity contribution in [3.8, 4) is 11.5 Å². The molecule has 0 spiro atoms. The lowest BCUT2D eigenvalue weighted by Crippen LogP contribution is -2.21. The Balaban J connectivity index is 1.96. The van der Waals surface area contributed by atoms with Crippen molar-refractivity contribution in [1.82, 2.24) is 0 Å². The summed E-state index contributed by atoms with van der Waals surface area (Å²) in [6, 6.07) is 12.1. The molecule has 0 fully saturated rings. The molecule has 1 amide bonds. The molecule has 2 rings (SSSR count). The van der Waals surface area contributed by atoms with Gasteiger partial charge in [-0.1, -0.05) is 12.1 Å². The molecule has 0 aromatic heterocycles. The van der Waals surface area contributed by atoms with E-state index in [9.17, 15) is 9.59 Å². The highest BCUT2D eigenvalue weighted by Crippen LogP contribution is 2.28. The number of benzene rings is 2. The number of esters is 1. The fourth-order valence-electron chi connectivity index (χ4n) is 2.22. The third-order valence-corrected chi connectivity index (χ3v) is 4.21. The van der Waals surface area contributed by atoms with Crippen molar-refractivity contribution in [3.05, 3.63) is 48.0 Å². The van der Waals surface area contributed by atoms with E-state index >= 15 is 0 Å². The second kappa shape index (κ2) is 9.72. The molecule has 138 valence electrons. The van der Waals surface area contributed by atoms with Crippen molar-refractivity contribution in [2.75, 3.05) is 31.9 Å². The molecule has 0 unspecified atom stereocenters. The Labute approximate surface area is 156 Å².